The van der Waals surface area contributed by atoms with Crippen molar-refractivity contribution in [2.24, 2.45) is 11.8 Å². The molecule has 0 aromatic heterocycles. The van der Waals surface area contributed by atoms with Gasteiger partial charge in [-0.05, 0) is 37.9 Å². The molecule has 0 aromatic rings. The van der Waals surface area contributed by atoms with Crippen LogP contribution in [0.3, 0.4) is 0 Å². The van der Waals surface area contributed by atoms with Gasteiger partial charge in [-0.1, -0.05) is 51.9 Å². The molecule has 2 rings (SSSR count). The molecule has 0 spiro atoms. The minimum Gasteiger partial charge on any atom is -0.316 e. The SMILES string of the molecule is CCCCCCCCCCN1C[C@H]2CNC[C@H]2C1. The van der Waals surface area contributed by atoms with E-state index in [9.17, 15) is 0 Å². The lowest BCUT2D eigenvalue weighted by atomic mass is 10.0. The molecule has 2 aliphatic heterocycles. The lowest BCUT2D eigenvalue weighted by Gasteiger charge is -2.16. The lowest BCUT2D eigenvalue weighted by molar-refractivity contribution is 0.304. The second kappa shape index (κ2) is 8.16. The summed E-state index contributed by atoms with van der Waals surface area (Å²) >= 11 is 0. The molecule has 2 atom stereocenters. The summed E-state index contributed by atoms with van der Waals surface area (Å²) in [6, 6.07) is 0. The summed E-state index contributed by atoms with van der Waals surface area (Å²) in [5, 5.41) is 3.52. The predicted molar refractivity (Wildman–Crippen MR) is 78.9 cm³/mol. The van der Waals surface area contributed by atoms with Gasteiger partial charge in [0.2, 0.25) is 0 Å². The van der Waals surface area contributed by atoms with Crippen molar-refractivity contribution in [1.29, 1.82) is 0 Å². The quantitative estimate of drug-likeness (QED) is 0.634. The van der Waals surface area contributed by atoms with E-state index in [1.165, 1.54) is 84.1 Å². The molecule has 2 heteroatoms. The van der Waals surface area contributed by atoms with Gasteiger partial charge in [0.25, 0.3) is 0 Å². The van der Waals surface area contributed by atoms with Crippen LogP contribution in [-0.4, -0.2) is 37.6 Å². The van der Waals surface area contributed by atoms with Crippen molar-refractivity contribution in [3.8, 4) is 0 Å². The fourth-order valence-corrected chi connectivity index (χ4v) is 3.60. The van der Waals surface area contributed by atoms with Gasteiger partial charge < -0.3 is 10.2 Å². The minimum absolute atomic E-state index is 0.971. The van der Waals surface area contributed by atoms with Crippen LogP contribution in [0.2, 0.25) is 0 Å². The third-order valence-electron chi connectivity index (χ3n) is 4.79. The molecule has 2 fully saturated rings. The molecule has 2 aliphatic rings. The Labute approximate surface area is 114 Å². The Hall–Kier alpha value is -0.0800. The number of hydrogen-bond acceptors (Lipinski definition) is 2. The van der Waals surface area contributed by atoms with Gasteiger partial charge in [0.05, 0.1) is 0 Å². The van der Waals surface area contributed by atoms with Gasteiger partial charge in [0.1, 0.15) is 0 Å². The Morgan fingerprint density at radius 2 is 1.39 bits per heavy atom. The zero-order chi connectivity index (χ0) is 12.6. The zero-order valence-electron chi connectivity index (χ0n) is 12.3. The summed E-state index contributed by atoms with van der Waals surface area (Å²) < 4.78 is 0. The molecule has 0 unspecified atom stereocenters. The van der Waals surface area contributed by atoms with E-state index < -0.39 is 0 Å². The largest absolute Gasteiger partial charge is 0.316 e. The van der Waals surface area contributed by atoms with Crippen LogP contribution in [0, 0.1) is 11.8 Å². The number of likely N-dealkylation sites (tertiary alicyclic amines) is 1. The molecule has 0 saturated carbocycles. The Morgan fingerprint density at radius 1 is 0.833 bits per heavy atom. The standard InChI is InChI=1S/C16H32N2/c1-2-3-4-5-6-7-8-9-10-18-13-15-11-17-12-16(15)14-18/h15-17H,2-14H2,1H3/t15-,16+. The highest BCUT2D eigenvalue weighted by atomic mass is 15.2. The maximum absolute atomic E-state index is 3.52. The van der Waals surface area contributed by atoms with Crippen molar-refractivity contribution in [1.82, 2.24) is 10.2 Å². The topological polar surface area (TPSA) is 15.3 Å². The van der Waals surface area contributed by atoms with Crippen molar-refractivity contribution in [3.05, 3.63) is 0 Å². The first-order chi connectivity index (χ1) is 8.90. The first kappa shape index (κ1) is 14.3. The van der Waals surface area contributed by atoms with E-state index >= 15 is 0 Å². The van der Waals surface area contributed by atoms with Gasteiger partial charge >= 0.3 is 0 Å². The van der Waals surface area contributed by atoms with E-state index in [1.807, 2.05) is 0 Å². The van der Waals surface area contributed by atoms with Gasteiger partial charge in [-0.2, -0.15) is 0 Å². The van der Waals surface area contributed by atoms with Crippen LogP contribution in [0.4, 0.5) is 0 Å². The maximum atomic E-state index is 3.52. The summed E-state index contributed by atoms with van der Waals surface area (Å²) in [5.41, 5.74) is 0. The summed E-state index contributed by atoms with van der Waals surface area (Å²) in [6.07, 6.45) is 11.5. The predicted octanol–water partition coefficient (Wildman–Crippen LogP) is 3.28. The van der Waals surface area contributed by atoms with Crippen LogP contribution < -0.4 is 5.32 Å². The second-order valence-corrected chi connectivity index (χ2v) is 6.41. The Kier molecular flexibility index (Phi) is 6.50. The van der Waals surface area contributed by atoms with Crippen LogP contribution in [0.15, 0.2) is 0 Å². The van der Waals surface area contributed by atoms with Crippen LogP contribution in [-0.2, 0) is 0 Å². The number of nitrogens with zero attached hydrogens (tertiary/aromatic N) is 1. The van der Waals surface area contributed by atoms with Crippen molar-refractivity contribution < 1.29 is 0 Å². The van der Waals surface area contributed by atoms with E-state index in [2.05, 4.69) is 17.1 Å². The smallest absolute Gasteiger partial charge is 0.00255 e. The number of nitrogens with one attached hydrogen (secondary N) is 1. The molecule has 0 amide bonds. The third-order valence-corrected chi connectivity index (χ3v) is 4.79. The van der Waals surface area contributed by atoms with Crippen molar-refractivity contribution >= 4 is 0 Å². The molecule has 2 heterocycles. The van der Waals surface area contributed by atoms with E-state index in [0.717, 1.165) is 11.8 Å². The van der Waals surface area contributed by atoms with Gasteiger partial charge in [-0.3, -0.25) is 0 Å². The Morgan fingerprint density at radius 3 is 2.00 bits per heavy atom. The van der Waals surface area contributed by atoms with Gasteiger partial charge in [0.15, 0.2) is 0 Å². The lowest BCUT2D eigenvalue weighted by Crippen LogP contribution is -2.26. The zero-order valence-corrected chi connectivity index (χ0v) is 12.3. The normalized spacial score (nSPS) is 27.8. The highest BCUT2D eigenvalue weighted by Gasteiger charge is 2.35. The first-order valence-corrected chi connectivity index (χ1v) is 8.33. The fourth-order valence-electron chi connectivity index (χ4n) is 3.60. The first-order valence-electron chi connectivity index (χ1n) is 8.33. The third kappa shape index (κ3) is 4.55. The number of hydrogen-bond donors (Lipinski definition) is 1. The summed E-state index contributed by atoms with van der Waals surface area (Å²) in [5.74, 6) is 1.94. The number of rotatable bonds is 9. The van der Waals surface area contributed by atoms with E-state index in [4.69, 9.17) is 0 Å². The molecule has 0 bridgehead atoms. The number of unbranched alkanes of at least 4 members (excludes halogenated alkanes) is 7. The Balaban J connectivity index is 1.40. The summed E-state index contributed by atoms with van der Waals surface area (Å²) in [4.78, 5) is 2.72. The van der Waals surface area contributed by atoms with Gasteiger partial charge in [0, 0.05) is 13.1 Å². The fraction of sp³-hybridized carbons (Fsp3) is 1.00. The van der Waals surface area contributed by atoms with Crippen LogP contribution in [0.5, 0.6) is 0 Å². The number of fused-ring (bicyclic) bond motifs is 1. The highest BCUT2D eigenvalue weighted by Crippen LogP contribution is 2.26. The van der Waals surface area contributed by atoms with Crippen LogP contribution in [0.1, 0.15) is 58.3 Å². The molecular formula is C16H32N2. The van der Waals surface area contributed by atoms with E-state index in [0.29, 0.717) is 0 Å². The van der Waals surface area contributed by atoms with E-state index in [1.54, 1.807) is 0 Å². The molecule has 0 aliphatic carbocycles. The van der Waals surface area contributed by atoms with E-state index in [-0.39, 0.29) is 0 Å². The van der Waals surface area contributed by atoms with Crippen LogP contribution >= 0.6 is 0 Å². The summed E-state index contributed by atoms with van der Waals surface area (Å²) in [6.45, 7) is 8.95. The monoisotopic (exact) mass is 252 g/mol. The second-order valence-electron chi connectivity index (χ2n) is 6.41. The molecule has 18 heavy (non-hydrogen) atoms. The van der Waals surface area contributed by atoms with Crippen molar-refractivity contribution in [2.75, 3.05) is 32.7 Å². The molecular weight excluding hydrogens is 220 g/mol. The van der Waals surface area contributed by atoms with Crippen molar-refractivity contribution in [3.63, 3.8) is 0 Å². The van der Waals surface area contributed by atoms with Gasteiger partial charge in [-0.15, -0.1) is 0 Å². The molecule has 2 nitrogen and oxygen atoms in total. The highest BCUT2D eigenvalue weighted by molar-refractivity contribution is 4.90. The average Bonchev–Trinajstić information content (AvgIpc) is 2.93. The van der Waals surface area contributed by atoms with Crippen molar-refractivity contribution in [2.45, 2.75) is 58.3 Å². The average molecular weight is 252 g/mol. The van der Waals surface area contributed by atoms with Crippen LogP contribution in [0.25, 0.3) is 0 Å². The molecule has 2 saturated heterocycles. The molecule has 0 aromatic carbocycles. The minimum atomic E-state index is 0.971. The molecule has 106 valence electrons. The maximum Gasteiger partial charge on any atom is 0.00255 e. The molecule has 1 N–H and O–H groups in total. The Bertz CT molecular complexity index is 205. The van der Waals surface area contributed by atoms with Gasteiger partial charge in [-0.25, -0.2) is 0 Å². The molecule has 0 radical (unpaired) electrons. The summed E-state index contributed by atoms with van der Waals surface area (Å²) in [7, 11) is 0.